The maximum atomic E-state index is 12.9. The lowest BCUT2D eigenvalue weighted by Crippen LogP contribution is -2.38. The average molecular weight is 389 g/mol. The molecule has 0 spiro atoms. The first-order valence-corrected chi connectivity index (χ1v) is 9.62. The maximum absolute atomic E-state index is 12.9. The van der Waals surface area contributed by atoms with Gasteiger partial charge in [-0.2, -0.15) is 0 Å². The molecule has 148 valence electrons. The second-order valence-electron chi connectivity index (χ2n) is 7.31. The van der Waals surface area contributed by atoms with Crippen molar-refractivity contribution in [1.29, 1.82) is 0 Å². The fourth-order valence-electron chi connectivity index (χ4n) is 3.61. The second-order valence-corrected chi connectivity index (χ2v) is 7.31. The van der Waals surface area contributed by atoms with Gasteiger partial charge in [0.1, 0.15) is 5.92 Å². The van der Waals surface area contributed by atoms with Gasteiger partial charge in [0.25, 0.3) is 0 Å². The standard InChI is InChI=1S/C22H23N5O2/c1-15-8-11-19-18(24-15)10-9-17(22(29)26(19)2)21(28)25-20-13-27(14-23-20)12-16-6-4-3-5-7-16/h3-8,11,13-14,17H,9-10,12H2,1-2H3,(H,25,28). The van der Waals surface area contributed by atoms with Crippen LogP contribution in [0.4, 0.5) is 11.5 Å². The van der Waals surface area contributed by atoms with Crippen LogP contribution in [0.1, 0.15) is 23.4 Å². The predicted octanol–water partition coefficient (Wildman–Crippen LogP) is 2.80. The molecular formula is C22H23N5O2. The number of hydrogen-bond acceptors (Lipinski definition) is 4. The number of amides is 2. The summed E-state index contributed by atoms with van der Waals surface area (Å²) in [4.78, 5) is 36.0. The molecule has 2 aromatic heterocycles. The molecule has 1 N–H and O–H groups in total. The summed E-state index contributed by atoms with van der Waals surface area (Å²) in [5, 5.41) is 2.80. The van der Waals surface area contributed by atoms with Gasteiger partial charge in [0, 0.05) is 25.5 Å². The quantitative estimate of drug-likeness (QED) is 0.696. The molecule has 0 fully saturated rings. The van der Waals surface area contributed by atoms with Crippen molar-refractivity contribution in [3.63, 3.8) is 0 Å². The number of anilines is 2. The highest BCUT2D eigenvalue weighted by Gasteiger charge is 2.34. The number of pyridine rings is 1. The summed E-state index contributed by atoms with van der Waals surface area (Å²) in [6.45, 7) is 2.58. The average Bonchev–Trinajstić information content (AvgIpc) is 3.10. The van der Waals surface area contributed by atoms with Crippen molar-refractivity contribution in [2.24, 2.45) is 5.92 Å². The van der Waals surface area contributed by atoms with Crippen LogP contribution in [0.2, 0.25) is 0 Å². The fraction of sp³-hybridized carbons (Fsp3) is 0.273. The summed E-state index contributed by atoms with van der Waals surface area (Å²) >= 11 is 0. The van der Waals surface area contributed by atoms with Crippen LogP contribution in [-0.2, 0) is 22.6 Å². The number of imidazole rings is 1. The van der Waals surface area contributed by atoms with Crippen LogP contribution in [0.3, 0.4) is 0 Å². The van der Waals surface area contributed by atoms with E-state index in [9.17, 15) is 9.59 Å². The van der Waals surface area contributed by atoms with E-state index in [1.807, 2.05) is 54.0 Å². The number of nitrogens with zero attached hydrogens (tertiary/aromatic N) is 4. The minimum absolute atomic E-state index is 0.226. The van der Waals surface area contributed by atoms with Crippen LogP contribution in [0, 0.1) is 12.8 Å². The molecule has 0 saturated heterocycles. The lowest BCUT2D eigenvalue weighted by atomic mass is 10.0. The van der Waals surface area contributed by atoms with Crippen molar-refractivity contribution in [2.45, 2.75) is 26.3 Å². The smallest absolute Gasteiger partial charge is 0.239 e. The number of aromatic nitrogens is 3. The predicted molar refractivity (Wildman–Crippen MR) is 111 cm³/mol. The van der Waals surface area contributed by atoms with E-state index in [0.29, 0.717) is 25.2 Å². The van der Waals surface area contributed by atoms with E-state index in [-0.39, 0.29) is 11.8 Å². The van der Waals surface area contributed by atoms with Crippen molar-refractivity contribution in [3.05, 3.63) is 71.9 Å². The molecule has 2 amide bonds. The Bertz CT molecular complexity index is 1040. The largest absolute Gasteiger partial charge is 0.331 e. The molecule has 0 aliphatic carbocycles. The molecule has 3 aromatic rings. The number of nitrogens with one attached hydrogen (secondary N) is 1. The van der Waals surface area contributed by atoms with Gasteiger partial charge in [-0.05, 0) is 37.5 Å². The first-order chi connectivity index (χ1) is 14.0. The van der Waals surface area contributed by atoms with Gasteiger partial charge in [0.05, 0.1) is 17.7 Å². The van der Waals surface area contributed by atoms with E-state index in [4.69, 9.17) is 0 Å². The lowest BCUT2D eigenvalue weighted by molar-refractivity contribution is -0.130. The Hall–Kier alpha value is -3.48. The summed E-state index contributed by atoms with van der Waals surface area (Å²) < 4.78 is 1.90. The van der Waals surface area contributed by atoms with Crippen molar-refractivity contribution in [3.8, 4) is 0 Å². The highest BCUT2D eigenvalue weighted by Crippen LogP contribution is 2.28. The summed E-state index contributed by atoms with van der Waals surface area (Å²) in [6, 6.07) is 13.8. The molecule has 0 radical (unpaired) electrons. The Labute approximate surface area is 169 Å². The molecule has 1 atom stereocenters. The van der Waals surface area contributed by atoms with E-state index in [1.165, 1.54) is 4.90 Å². The van der Waals surface area contributed by atoms with Gasteiger partial charge in [0.2, 0.25) is 11.8 Å². The highest BCUT2D eigenvalue weighted by molar-refractivity contribution is 6.11. The summed E-state index contributed by atoms with van der Waals surface area (Å²) in [6.07, 6.45) is 4.44. The number of aryl methyl sites for hydroxylation is 2. The van der Waals surface area contributed by atoms with Gasteiger partial charge in [-0.25, -0.2) is 4.98 Å². The molecule has 7 nitrogen and oxygen atoms in total. The Morgan fingerprint density at radius 1 is 1.21 bits per heavy atom. The van der Waals surface area contributed by atoms with E-state index >= 15 is 0 Å². The third-order valence-corrected chi connectivity index (χ3v) is 5.16. The molecule has 1 aliphatic heterocycles. The number of hydrogen-bond donors (Lipinski definition) is 1. The number of carbonyl (C=O) groups excluding carboxylic acids is 2. The van der Waals surface area contributed by atoms with Gasteiger partial charge < -0.3 is 14.8 Å². The van der Waals surface area contributed by atoms with Crippen LogP contribution >= 0.6 is 0 Å². The van der Waals surface area contributed by atoms with E-state index in [2.05, 4.69) is 15.3 Å². The SMILES string of the molecule is Cc1ccc2c(n1)CCC(C(=O)Nc1cn(Cc3ccccc3)cn1)C(=O)N2C. The molecular weight excluding hydrogens is 366 g/mol. The van der Waals surface area contributed by atoms with Crippen molar-refractivity contribution < 1.29 is 9.59 Å². The van der Waals surface area contributed by atoms with Crippen molar-refractivity contribution >= 4 is 23.3 Å². The van der Waals surface area contributed by atoms with Gasteiger partial charge in [-0.15, -0.1) is 0 Å². The second kappa shape index (κ2) is 7.87. The van der Waals surface area contributed by atoms with Crippen LogP contribution in [0.25, 0.3) is 0 Å². The molecule has 0 saturated carbocycles. The van der Waals surface area contributed by atoms with E-state index in [0.717, 1.165) is 22.6 Å². The van der Waals surface area contributed by atoms with E-state index in [1.54, 1.807) is 19.6 Å². The van der Waals surface area contributed by atoms with Gasteiger partial charge in [0.15, 0.2) is 5.82 Å². The fourth-order valence-corrected chi connectivity index (χ4v) is 3.61. The normalized spacial score (nSPS) is 16.3. The van der Waals surface area contributed by atoms with Crippen LogP contribution in [0.15, 0.2) is 55.0 Å². The first-order valence-electron chi connectivity index (χ1n) is 9.62. The number of rotatable bonds is 4. The van der Waals surface area contributed by atoms with Crippen molar-refractivity contribution in [1.82, 2.24) is 14.5 Å². The monoisotopic (exact) mass is 389 g/mol. The summed E-state index contributed by atoms with van der Waals surface area (Å²) in [5.74, 6) is -0.891. The lowest BCUT2D eigenvalue weighted by Gasteiger charge is -2.20. The molecule has 7 heteroatoms. The van der Waals surface area contributed by atoms with E-state index < -0.39 is 5.92 Å². The molecule has 4 rings (SSSR count). The Morgan fingerprint density at radius 3 is 2.79 bits per heavy atom. The van der Waals surface area contributed by atoms with Crippen LogP contribution in [-0.4, -0.2) is 33.4 Å². The zero-order valence-corrected chi connectivity index (χ0v) is 16.5. The van der Waals surface area contributed by atoms with Crippen molar-refractivity contribution in [2.75, 3.05) is 17.3 Å². The highest BCUT2D eigenvalue weighted by atomic mass is 16.2. The topological polar surface area (TPSA) is 80.1 Å². The Kier molecular flexibility index (Phi) is 5.12. The minimum atomic E-state index is -0.770. The maximum Gasteiger partial charge on any atom is 0.239 e. The molecule has 1 aromatic carbocycles. The third-order valence-electron chi connectivity index (χ3n) is 5.16. The van der Waals surface area contributed by atoms with Gasteiger partial charge >= 0.3 is 0 Å². The first kappa shape index (κ1) is 18.9. The number of benzene rings is 1. The molecule has 29 heavy (non-hydrogen) atoms. The summed E-state index contributed by atoms with van der Waals surface area (Å²) in [7, 11) is 1.69. The molecule has 3 heterocycles. The zero-order valence-electron chi connectivity index (χ0n) is 16.5. The Morgan fingerprint density at radius 2 is 2.00 bits per heavy atom. The summed E-state index contributed by atoms with van der Waals surface area (Å²) in [5.41, 5.74) is 3.66. The molecule has 0 bridgehead atoms. The van der Waals surface area contributed by atoms with Gasteiger partial charge in [-0.1, -0.05) is 30.3 Å². The zero-order chi connectivity index (χ0) is 20.4. The van der Waals surface area contributed by atoms with Crippen LogP contribution in [0.5, 0.6) is 0 Å². The number of fused-ring (bicyclic) bond motifs is 1. The van der Waals surface area contributed by atoms with Crippen LogP contribution < -0.4 is 10.2 Å². The van der Waals surface area contributed by atoms with Gasteiger partial charge in [-0.3, -0.25) is 14.6 Å². The minimum Gasteiger partial charge on any atom is -0.331 e. The Balaban J connectivity index is 1.46. The third kappa shape index (κ3) is 4.03. The molecule has 1 aliphatic rings. The number of carbonyl (C=O) groups is 2. The molecule has 1 unspecified atom stereocenters.